The van der Waals surface area contributed by atoms with Gasteiger partial charge in [-0.3, -0.25) is 14.5 Å². The number of piperidine rings is 1. The molecule has 4 heterocycles. The number of piperazine rings is 1. The summed E-state index contributed by atoms with van der Waals surface area (Å²) in [6.45, 7) is 9.58. The van der Waals surface area contributed by atoms with Crippen molar-refractivity contribution in [2.75, 3.05) is 79.5 Å². The quantitative estimate of drug-likeness (QED) is 0.259. The van der Waals surface area contributed by atoms with Crippen molar-refractivity contribution >= 4 is 60.5 Å². The van der Waals surface area contributed by atoms with Gasteiger partial charge >= 0.3 is 0 Å². The van der Waals surface area contributed by atoms with Crippen molar-refractivity contribution in [3.8, 4) is 11.5 Å². The molecule has 3 N–H and O–H groups in total. The highest BCUT2D eigenvalue weighted by atomic mass is 79.9. The Morgan fingerprint density at radius 2 is 1.62 bits per heavy atom. The molecule has 0 unspecified atom stereocenters. The lowest BCUT2D eigenvalue weighted by molar-refractivity contribution is 0.0809. The lowest BCUT2D eigenvalue weighted by Gasteiger charge is -2.43. The van der Waals surface area contributed by atoms with Crippen LogP contribution in [0.4, 0.5) is 34.5 Å². The van der Waals surface area contributed by atoms with Gasteiger partial charge in [0.2, 0.25) is 16.0 Å². The van der Waals surface area contributed by atoms with Gasteiger partial charge in [-0.1, -0.05) is 0 Å². The highest BCUT2D eigenvalue weighted by Crippen LogP contribution is 2.39. The van der Waals surface area contributed by atoms with E-state index in [-0.39, 0.29) is 0 Å². The van der Waals surface area contributed by atoms with E-state index in [1.54, 1.807) is 25.4 Å². The maximum Gasteiger partial charge on any atom is 0.229 e. The molecular weight excluding hydrogens is 684 g/mol. The average molecular weight is 728 g/mol. The zero-order chi connectivity index (χ0) is 32.7. The molecule has 0 spiro atoms. The van der Waals surface area contributed by atoms with E-state index in [1.165, 1.54) is 57.5 Å². The summed E-state index contributed by atoms with van der Waals surface area (Å²) in [5.74, 6) is 2.24. The van der Waals surface area contributed by atoms with E-state index in [9.17, 15) is 8.42 Å². The monoisotopic (exact) mass is 726 g/mol. The molecule has 1 saturated carbocycles. The molecule has 1 aliphatic carbocycles. The minimum Gasteiger partial charge on any atom is -0.494 e. The molecule has 3 fully saturated rings. The Morgan fingerprint density at radius 3 is 2.28 bits per heavy atom. The van der Waals surface area contributed by atoms with Crippen molar-refractivity contribution in [2.24, 2.45) is 0 Å². The Morgan fingerprint density at radius 1 is 0.915 bits per heavy atom. The maximum absolute atomic E-state index is 12.1. The Balaban J connectivity index is 1.04. The van der Waals surface area contributed by atoms with Gasteiger partial charge in [-0.2, -0.15) is 4.98 Å². The third kappa shape index (κ3) is 7.40. The Labute approximate surface area is 285 Å². The normalized spacial score (nSPS) is 19.3. The van der Waals surface area contributed by atoms with E-state index in [0.29, 0.717) is 51.8 Å². The molecule has 3 aromatic rings. The molecule has 2 aromatic carbocycles. The van der Waals surface area contributed by atoms with Crippen LogP contribution in [-0.2, 0) is 16.4 Å². The summed E-state index contributed by atoms with van der Waals surface area (Å²) in [6.07, 6.45) is 8.62. The number of sulfonamides is 1. The van der Waals surface area contributed by atoms with Gasteiger partial charge in [0, 0.05) is 81.8 Å². The molecule has 0 amide bonds. The predicted molar refractivity (Wildman–Crippen MR) is 190 cm³/mol. The Bertz CT molecular complexity index is 1740. The van der Waals surface area contributed by atoms with Crippen LogP contribution in [0.2, 0.25) is 0 Å². The largest absolute Gasteiger partial charge is 0.494 e. The molecule has 14 heteroatoms. The van der Waals surface area contributed by atoms with Gasteiger partial charge in [0.05, 0.1) is 41.5 Å². The molecular formula is C33H43BrN8O4S. The molecule has 47 heavy (non-hydrogen) atoms. The molecule has 12 nitrogen and oxygen atoms in total. The van der Waals surface area contributed by atoms with Gasteiger partial charge in [0.15, 0.2) is 0 Å². The topological polar surface area (TPSA) is 124 Å². The number of rotatable bonds is 10. The number of halogens is 1. The molecule has 0 bridgehead atoms. The number of ether oxygens (including phenoxy) is 2. The van der Waals surface area contributed by atoms with Crippen molar-refractivity contribution in [3.63, 3.8) is 0 Å². The van der Waals surface area contributed by atoms with Crippen LogP contribution in [0.15, 0.2) is 34.9 Å². The molecule has 1 aromatic heterocycles. The van der Waals surface area contributed by atoms with Gasteiger partial charge in [-0.25, -0.2) is 13.4 Å². The number of fused-ring (bicyclic) bond motifs is 1. The van der Waals surface area contributed by atoms with Gasteiger partial charge in [0.25, 0.3) is 0 Å². The summed E-state index contributed by atoms with van der Waals surface area (Å²) in [4.78, 5) is 17.1. The zero-order valence-corrected chi connectivity index (χ0v) is 29.6. The number of aryl methyl sites for hydroxylation is 1. The minimum atomic E-state index is -3.51. The first-order chi connectivity index (χ1) is 22.6. The second-order valence-corrected chi connectivity index (χ2v) is 15.6. The van der Waals surface area contributed by atoms with Crippen molar-refractivity contribution in [3.05, 3.63) is 46.1 Å². The van der Waals surface area contributed by atoms with E-state index in [2.05, 4.69) is 70.0 Å². The molecule has 3 aliphatic heterocycles. The summed E-state index contributed by atoms with van der Waals surface area (Å²) in [5.41, 5.74) is 4.98. The smallest absolute Gasteiger partial charge is 0.229 e. The second kappa shape index (κ2) is 13.3. The first-order valence-electron chi connectivity index (χ1n) is 16.4. The SMILES string of the molecule is COc1cc(N2CCC(N3CCN(C4CC4)CC3)CC2)c(C)cc1Nc1ncc(Br)c(Nc2cc3c(cc2NS(C)(=O)=O)CCO3)n1. The first-order valence-corrected chi connectivity index (χ1v) is 19.1. The summed E-state index contributed by atoms with van der Waals surface area (Å²) in [7, 11) is -1.84. The number of methoxy groups -OCH3 is 1. The molecule has 7 rings (SSSR count). The van der Waals surface area contributed by atoms with Crippen molar-refractivity contribution in [1.82, 2.24) is 19.8 Å². The van der Waals surface area contributed by atoms with Gasteiger partial charge in [-0.05, 0) is 71.8 Å². The van der Waals surface area contributed by atoms with Crippen LogP contribution in [0.3, 0.4) is 0 Å². The number of nitrogens with one attached hydrogen (secondary N) is 3. The van der Waals surface area contributed by atoms with Crippen molar-refractivity contribution < 1.29 is 17.9 Å². The summed E-state index contributed by atoms with van der Waals surface area (Å²) < 4.78 is 39.0. The van der Waals surface area contributed by atoms with Crippen molar-refractivity contribution in [1.29, 1.82) is 0 Å². The van der Waals surface area contributed by atoms with Crippen LogP contribution in [0.1, 0.15) is 36.8 Å². The van der Waals surface area contributed by atoms with E-state index < -0.39 is 10.0 Å². The second-order valence-electron chi connectivity index (χ2n) is 13.0. The number of hydrogen-bond acceptors (Lipinski definition) is 11. The molecule has 2 saturated heterocycles. The average Bonchev–Trinajstić information content (AvgIpc) is 3.81. The van der Waals surface area contributed by atoms with E-state index >= 15 is 0 Å². The molecule has 4 aliphatic rings. The lowest BCUT2D eigenvalue weighted by Crippen LogP contribution is -2.53. The van der Waals surface area contributed by atoms with Crippen LogP contribution < -0.4 is 29.7 Å². The summed E-state index contributed by atoms with van der Waals surface area (Å²) in [6, 6.07) is 9.32. The predicted octanol–water partition coefficient (Wildman–Crippen LogP) is 5.10. The zero-order valence-electron chi connectivity index (χ0n) is 27.2. The van der Waals surface area contributed by atoms with Crippen LogP contribution in [-0.4, -0.2) is 99.5 Å². The van der Waals surface area contributed by atoms with Crippen LogP contribution in [0, 0.1) is 6.92 Å². The fourth-order valence-corrected chi connectivity index (χ4v) is 7.90. The fraction of sp³-hybridized carbons (Fsp3) is 0.515. The summed E-state index contributed by atoms with van der Waals surface area (Å²) in [5, 5.41) is 6.59. The molecule has 0 radical (unpaired) electrons. The lowest BCUT2D eigenvalue weighted by atomic mass is 10.0. The Hall–Kier alpha value is -3.33. The Kier molecular flexibility index (Phi) is 9.11. The number of anilines is 6. The fourth-order valence-electron chi connectivity index (χ4n) is 7.04. The van der Waals surface area contributed by atoms with Gasteiger partial charge in [-0.15, -0.1) is 0 Å². The van der Waals surface area contributed by atoms with E-state index in [0.717, 1.165) is 48.6 Å². The van der Waals surface area contributed by atoms with Crippen LogP contribution in [0.25, 0.3) is 0 Å². The number of aromatic nitrogens is 2. The number of benzene rings is 2. The van der Waals surface area contributed by atoms with Crippen molar-refractivity contribution in [2.45, 2.75) is 51.1 Å². The van der Waals surface area contributed by atoms with Crippen LogP contribution in [0.5, 0.6) is 11.5 Å². The van der Waals surface area contributed by atoms with E-state index in [4.69, 9.17) is 14.5 Å². The third-order valence-electron chi connectivity index (χ3n) is 9.62. The maximum atomic E-state index is 12.1. The summed E-state index contributed by atoms with van der Waals surface area (Å²) >= 11 is 3.53. The highest BCUT2D eigenvalue weighted by molar-refractivity contribution is 9.10. The standard InChI is InChI=1S/C33H43BrN8O4S/c1-21-16-28(31(45-2)19-29(21)42-9-6-24(7-10-42)41-13-11-40(12-14-41)23-4-5-23)37-33-35-20-25(34)32(38-33)36-26-18-30-22(8-15-46-30)17-27(26)39-47(3,43)44/h16-20,23-24,39H,4-15H2,1-3H3,(H2,35,36,37,38). The third-order valence-corrected chi connectivity index (χ3v) is 10.8. The highest BCUT2D eigenvalue weighted by Gasteiger charge is 2.34. The van der Waals surface area contributed by atoms with Gasteiger partial charge in [0.1, 0.15) is 17.3 Å². The number of nitrogens with zero attached hydrogens (tertiary/aromatic N) is 5. The van der Waals surface area contributed by atoms with Crippen LogP contribution >= 0.6 is 15.9 Å². The minimum absolute atomic E-state index is 0.360. The number of hydrogen-bond donors (Lipinski definition) is 3. The first kappa shape index (κ1) is 32.2. The molecule has 252 valence electrons. The van der Waals surface area contributed by atoms with Gasteiger partial charge < -0.3 is 25.0 Å². The van der Waals surface area contributed by atoms with E-state index in [1.807, 2.05) is 0 Å². The molecule has 0 atom stereocenters.